The lowest BCUT2D eigenvalue weighted by Crippen LogP contribution is -2.22. The van der Waals surface area contributed by atoms with Gasteiger partial charge in [-0.15, -0.1) is 0 Å². The van der Waals surface area contributed by atoms with Crippen LogP contribution in [0.4, 0.5) is 0 Å². The fourth-order valence-electron chi connectivity index (χ4n) is 1.38. The highest BCUT2D eigenvalue weighted by Crippen LogP contribution is 2.16. The third-order valence-corrected chi connectivity index (χ3v) is 2.91. The normalized spacial score (nSPS) is 14.9. The Hall–Kier alpha value is -0.380. The van der Waals surface area contributed by atoms with Crippen LogP contribution in [0.15, 0.2) is 28.7 Å². The van der Waals surface area contributed by atoms with Gasteiger partial charge >= 0.3 is 0 Å². The third-order valence-electron chi connectivity index (χ3n) is 2.38. The molecule has 15 heavy (non-hydrogen) atoms. The maximum Gasteiger partial charge on any atom is 0.0524 e. The molecule has 1 aromatic rings. The fraction of sp³-hybridized carbons (Fsp3) is 0.500. The average molecular weight is 272 g/mol. The summed E-state index contributed by atoms with van der Waals surface area (Å²) in [6.45, 7) is 4.78. The highest BCUT2D eigenvalue weighted by Gasteiger charge is 2.04. The molecule has 1 aromatic carbocycles. The molecule has 2 atom stereocenters. The SMILES string of the molecule is C[C@H](O)CCN[C@H](C)c1ccc(Br)cc1. The molecule has 2 N–H and O–H groups in total. The van der Waals surface area contributed by atoms with Gasteiger partial charge in [-0.3, -0.25) is 0 Å². The lowest BCUT2D eigenvalue weighted by molar-refractivity contribution is 0.182. The van der Waals surface area contributed by atoms with Gasteiger partial charge in [0.25, 0.3) is 0 Å². The number of nitrogens with one attached hydrogen (secondary N) is 1. The number of benzene rings is 1. The minimum absolute atomic E-state index is 0.227. The summed E-state index contributed by atoms with van der Waals surface area (Å²) in [6.07, 6.45) is 0.565. The molecule has 0 aromatic heterocycles. The van der Waals surface area contributed by atoms with Crippen LogP contribution in [0.5, 0.6) is 0 Å². The first-order valence-electron chi connectivity index (χ1n) is 5.26. The van der Waals surface area contributed by atoms with E-state index in [4.69, 9.17) is 5.11 Å². The van der Waals surface area contributed by atoms with E-state index >= 15 is 0 Å². The molecular formula is C12H18BrNO. The molecule has 0 saturated heterocycles. The summed E-state index contributed by atoms with van der Waals surface area (Å²) in [5.74, 6) is 0. The number of hydrogen-bond donors (Lipinski definition) is 2. The van der Waals surface area contributed by atoms with Crippen LogP contribution in [0.3, 0.4) is 0 Å². The van der Waals surface area contributed by atoms with E-state index in [2.05, 4.69) is 40.3 Å². The first kappa shape index (κ1) is 12.7. The third kappa shape index (κ3) is 4.78. The topological polar surface area (TPSA) is 32.3 Å². The van der Waals surface area contributed by atoms with Gasteiger partial charge in [0.2, 0.25) is 0 Å². The van der Waals surface area contributed by atoms with Crippen molar-refractivity contribution in [1.82, 2.24) is 5.32 Å². The van der Waals surface area contributed by atoms with E-state index in [0.29, 0.717) is 6.04 Å². The molecule has 0 heterocycles. The van der Waals surface area contributed by atoms with Crippen molar-refractivity contribution in [3.05, 3.63) is 34.3 Å². The van der Waals surface area contributed by atoms with Gasteiger partial charge in [-0.05, 0) is 44.5 Å². The lowest BCUT2D eigenvalue weighted by atomic mass is 10.1. The van der Waals surface area contributed by atoms with Crippen LogP contribution in [0.2, 0.25) is 0 Å². The van der Waals surface area contributed by atoms with Crippen molar-refractivity contribution >= 4 is 15.9 Å². The highest BCUT2D eigenvalue weighted by atomic mass is 79.9. The second kappa shape index (κ2) is 6.26. The molecule has 0 radical (unpaired) electrons. The zero-order valence-electron chi connectivity index (χ0n) is 9.20. The average Bonchev–Trinajstić information content (AvgIpc) is 2.18. The van der Waals surface area contributed by atoms with Crippen molar-refractivity contribution in [2.45, 2.75) is 32.4 Å². The summed E-state index contributed by atoms with van der Waals surface area (Å²) in [5, 5.41) is 12.5. The predicted octanol–water partition coefficient (Wildman–Crippen LogP) is 2.87. The van der Waals surface area contributed by atoms with Crippen LogP contribution in [-0.4, -0.2) is 17.8 Å². The molecule has 1 rings (SSSR count). The van der Waals surface area contributed by atoms with Gasteiger partial charge in [0.15, 0.2) is 0 Å². The summed E-state index contributed by atoms with van der Waals surface area (Å²) in [7, 11) is 0. The Morgan fingerprint density at radius 3 is 2.40 bits per heavy atom. The van der Waals surface area contributed by atoms with E-state index in [1.54, 1.807) is 0 Å². The predicted molar refractivity (Wildman–Crippen MR) is 66.9 cm³/mol. The van der Waals surface area contributed by atoms with Crippen LogP contribution in [0.1, 0.15) is 31.9 Å². The minimum atomic E-state index is -0.227. The van der Waals surface area contributed by atoms with Crippen LogP contribution < -0.4 is 5.32 Å². The first-order valence-corrected chi connectivity index (χ1v) is 6.06. The number of aliphatic hydroxyl groups excluding tert-OH is 1. The monoisotopic (exact) mass is 271 g/mol. The zero-order chi connectivity index (χ0) is 11.3. The highest BCUT2D eigenvalue weighted by molar-refractivity contribution is 9.10. The van der Waals surface area contributed by atoms with E-state index in [0.717, 1.165) is 17.4 Å². The summed E-state index contributed by atoms with van der Waals surface area (Å²) in [4.78, 5) is 0. The molecule has 0 amide bonds. The summed E-state index contributed by atoms with van der Waals surface area (Å²) >= 11 is 3.41. The standard InChI is InChI=1S/C12H18BrNO/c1-9(15)7-8-14-10(2)11-3-5-12(13)6-4-11/h3-6,9-10,14-15H,7-8H2,1-2H3/t9-,10+/m0/s1. The zero-order valence-corrected chi connectivity index (χ0v) is 10.8. The maximum absolute atomic E-state index is 9.13. The Balaban J connectivity index is 2.40. The van der Waals surface area contributed by atoms with Gasteiger partial charge in [0, 0.05) is 10.5 Å². The number of halogens is 1. The van der Waals surface area contributed by atoms with Crippen molar-refractivity contribution in [3.63, 3.8) is 0 Å². The van der Waals surface area contributed by atoms with E-state index in [1.165, 1.54) is 5.56 Å². The summed E-state index contributed by atoms with van der Waals surface area (Å²) in [6, 6.07) is 8.62. The number of rotatable bonds is 5. The van der Waals surface area contributed by atoms with Crippen LogP contribution in [0.25, 0.3) is 0 Å². The van der Waals surface area contributed by atoms with Crippen LogP contribution >= 0.6 is 15.9 Å². The summed E-state index contributed by atoms with van der Waals surface area (Å²) in [5.41, 5.74) is 1.27. The number of aliphatic hydroxyl groups is 1. The number of hydrogen-bond acceptors (Lipinski definition) is 2. The molecule has 0 aliphatic rings. The van der Waals surface area contributed by atoms with Crippen molar-refractivity contribution in [2.75, 3.05) is 6.54 Å². The van der Waals surface area contributed by atoms with Gasteiger partial charge < -0.3 is 10.4 Å². The van der Waals surface area contributed by atoms with E-state index < -0.39 is 0 Å². The van der Waals surface area contributed by atoms with Crippen molar-refractivity contribution in [2.24, 2.45) is 0 Å². The Kier molecular flexibility index (Phi) is 5.29. The molecule has 0 bridgehead atoms. The second-order valence-electron chi connectivity index (χ2n) is 3.87. The lowest BCUT2D eigenvalue weighted by Gasteiger charge is -2.14. The van der Waals surface area contributed by atoms with Gasteiger partial charge in [0.05, 0.1) is 6.10 Å². The smallest absolute Gasteiger partial charge is 0.0524 e. The molecule has 0 unspecified atom stereocenters. The largest absolute Gasteiger partial charge is 0.393 e. The van der Waals surface area contributed by atoms with Crippen molar-refractivity contribution in [3.8, 4) is 0 Å². The van der Waals surface area contributed by atoms with Gasteiger partial charge in [-0.2, -0.15) is 0 Å². The molecule has 2 nitrogen and oxygen atoms in total. The minimum Gasteiger partial charge on any atom is -0.393 e. The molecule has 0 aliphatic carbocycles. The quantitative estimate of drug-likeness (QED) is 0.863. The molecule has 0 aliphatic heterocycles. The molecule has 3 heteroatoms. The van der Waals surface area contributed by atoms with Gasteiger partial charge in [0.1, 0.15) is 0 Å². The molecule has 84 valence electrons. The Labute approximate surface area is 99.8 Å². The first-order chi connectivity index (χ1) is 7.09. The second-order valence-corrected chi connectivity index (χ2v) is 4.78. The van der Waals surface area contributed by atoms with E-state index in [1.807, 2.05) is 19.1 Å². The maximum atomic E-state index is 9.13. The van der Waals surface area contributed by atoms with E-state index in [-0.39, 0.29) is 6.10 Å². The van der Waals surface area contributed by atoms with Crippen LogP contribution in [-0.2, 0) is 0 Å². The van der Waals surface area contributed by atoms with Crippen LogP contribution in [0, 0.1) is 0 Å². The van der Waals surface area contributed by atoms with Crippen molar-refractivity contribution in [1.29, 1.82) is 0 Å². The molecule has 0 fully saturated rings. The van der Waals surface area contributed by atoms with Gasteiger partial charge in [-0.25, -0.2) is 0 Å². The van der Waals surface area contributed by atoms with Gasteiger partial charge in [-0.1, -0.05) is 28.1 Å². The van der Waals surface area contributed by atoms with E-state index in [9.17, 15) is 0 Å². The molecular weight excluding hydrogens is 254 g/mol. The fourth-order valence-corrected chi connectivity index (χ4v) is 1.64. The molecule has 0 saturated carbocycles. The Bertz CT molecular complexity index is 284. The Morgan fingerprint density at radius 1 is 1.27 bits per heavy atom. The van der Waals surface area contributed by atoms with Crippen molar-refractivity contribution < 1.29 is 5.11 Å². The summed E-state index contributed by atoms with van der Waals surface area (Å²) < 4.78 is 1.10. The molecule has 0 spiro atoms. The Morgan fingerprint density at radius 2 is 1.87 bits per heavy atom.